The lowest BCUT2D eigenvalue weighted by atomic mass is 10.1. The highest BCUT2D eigenvalue weighted by molar-refractivity contribution is 5.84. The summed E-state index contributed by atoms with van der Waals surface area (Å²) in [5, 5.41) is 3.70. The third-order valence-electron chi connectivity index (χ3n) is 3.87. The molecule has 0 aliphatic heterocycles. The third-order valence-corrected chi connectivity index (χ3v) is 3.87. The van der Waals surface area contributed by atoms with Crippen molar-refractivity contribution in [2.45, 2.75) is 12.7 Å². The van der Waals surface area contributed by atoms with Crippen molar-refractivity contribution in [3.05, 3.63) is 54.0 Å². The first kappa shape index (κ1) is 17.8. The van der Waals surface area contributed by atoms with E-state index in [-0.39, 0.29) is 6.54 Å². The highest BCUT2D eigenvalue weighted by Gasteiger charge is 2.30. The van der Waals surface area contributed by atoms with E-state index < -0.39 is 11.7 Å². The minimum absolute atomic E-state index is 0.232. The molecule has 0 aliphatic rings. The Labute approximate surface area is 147 Å². The molecule has 0 fully saturated rings. The maximum Gasteiger partial charge on any atom is 0.416 e. The zero-order valence-electron chi connectivity index (χ0n) is 14.1. The molecule has 0 amide bonds. The van der Waals surface area contributed by atoms with Crippen molar-refractivity contribution in [2.24, 2.45) is 0 Å². The van der Waals surface area contributed by atoms with Gasteiger partial charge in [-0.05, 0) is 24.3 Å². The molecule has 0 aliphatic carbocycles. The SMILES string of the molecule is COc1cc2ncnc(CNc3cccc(C(F)(F)F)c3)c2cc1OC. The molecule has 136 valence electrons. The number of halogens is 3. The Balaban J connectivity index is 1.90. The number of nitrogens with one attached hydrogen (secondary N) is 1. The van der Waals surface area contributed by atoms with E-state index in [1.165, 1.54) is 26.6 Å². The summed E-state index contributed by atoms with van der Waals surface area (Å²) < 4.78 is 49.0. The molecular weight excluding hydrogens is 347 g/mol. The van der Waals surface area contributed by atoms with Crippen LogP contribution in [0.2, 0.25) is 0 Å². The summed E-state index contributed by atoms with van der Waals surface area (Å²) in [6.45, 7) is 0.232. The summed E-state index contributed by atoms with van der Waals surface area (Å²) in [6, 6.07) is 8.50. The van der Waals surface area contributed by atoms with E-state index in [1.807, 2.05) is 0 Å². The number of alkyl halides is 3. The van der Waals surface area contributed by atoms with Gasteiger partial charge in [0.25, 0.3) is 0 Å². The first-order valence-corrected chi connectivity index (χ1v) is 7.69. The molecule has 3 rings (SSSR count). The van der Waals surface area contributed by atoms with Crippen LogP contribution in [0.3, 0.4) is 0 Å². The van der Waals surface area contributed by atoms with Crippen LogP contribution >= 0.6 is 0 Å². The van der Waals surface area contributed by atoms with Crippen molar-refractivity contribution in [2.75, 3.05) is 19.5 Å². The fourth-order valence-electron chi connectivity index (χ4n) is 2.57. The molecule has 1 aromatic heterocycles. The van der Waals surface area contributed by atoms with Crippen LogP contribution in [0.1, 0.15) is 11.3 Å². The number of hydrogen-bond donors (Lipinski definition) is 1. The predicted molar refractivity (Wildman–Crippen MR) is 91.4 cm³/mol. The van der Waals surface area contributed by atoms with Crippen molar-refractivity contribution in [3.63, 3.8) is 0 Å². The van der Waals surface area contributed by atoms with Gasteiger partial charge in [0.05, 0.1) is 37.5 Å². The number of nitrogens with zero attached hydrogens (tertiary/aromatic N) is 2. The van der Waals surface area contributed by atoms with Crippen LogP contribution in [0.4, 0.5) is 18.9 Å². The second kappa shape index (κ2) is 7.07. The first-order valence-electron chi connectivity index (χ1n) is 7.69. The van der Waals surface area contributed by atoms with E-state index >= 15 is 0 Å². The number of hydrogen-bond acceptors (Lipinski definition) is 5. The molecule has 1 heterocycles. The number of aromatic nitrogens is 2. The molecule has 0 saturated heterocycles. The first-order chi connectivity index (χ1) is 12.4. The fourth-order valence-corrected chi connectivity index (χ4v) is 2.57. The Morgan fingerprint density at radius 3 is 2.42 bits per heavy atom. The van der Waals surface area contributed by atoms with Gasteiger partial charge in [0, 0.05) is 17.1 Å². The maximum absolute atomic E-state index is 12.8. The predicted octanol–water partition coefficient (Wildman–Crippen LogP) is 4.28. The second-order valence-corrected chi connectivity index (χ2v) is 5.48. The molecule has 0 atom stereocenters. The van der Waals surface area contributed by atoms with Crippen LogP contribution in [0.25, 0.3) is 10.9 Å². The van der Waals surface area contributed by atoms with E-state index in [4.69, 9.17) is 9.47 Å². The van der Waals surface area contributed by atoms with Crippen molar-refractivity contribution in [1.82, 2.24) is 9.97 Å². The summed E-state index contributed by atoms with van der Waals surface area (Å²) in [4.78, 5) is 8.44. The summed E-state index contributed by atoms with van der Waals surface area (Å²) in [5.41, 5.74) is 0.931. The number of methoxy groups -OCH3 is 2. The minimum Gasteiger partial charge on any atom is -0.493 e. The van der Waals surface area contributed by atoms with E-state index in [1.54, 1.807) is 18.2 Å². The normalized spacial score (nSPS) is 11.4. The fraction of sp³-hybridized carbons (Fsp3) is 0.222. The molecule has 3 aromatic rings. The molecule has 26 heavy (non-hydrogen) atoms. The monoisotopic (exact) mass is 363 g/mol. The standard InChI is InChI=1S/C18H16F3N3O2/c1-25-16-7-13-14(8-17(16)26-2)23-10-24-15(13)9-22-12-5-3-4-11(6-12)18(19,20)21/h3-8,10,22H,9H2,1-2H3. The van der Waals surface area contributed by atoms with E-state index in [0.717, 1.165) is 17.5 Å². The average molecular weight is 363 g/mol. The van der Waals surface area contributed by atoms with Gasteiger partial charge in [-0.3, -0.25) is 0 Å². The van der Waals surface area contributed by atoms with Crippen molar-refractivity contribution in [3.8, 4) is 11.5 Å². The minimum atomic E-state index is -4.39. The van der Waals surface area contributed by atoms with E-state index in [0.29, 0.717) is 28.4 Å². The van der Waals surface area contributed by atoms with E-state index in [9.17, 15) is 13.2 Å². The van der Waals surface area contributed by atoms with Crippen molar-refractivity contribution < 1.29 is 22.6 Å². The molecule has 5 nitrogen and oxygen atoms in total. The number of fused-ring (bicyclic) bond motifs is 1. The molecular formula is C18H16F3N3O2. The molecule has 0 bridgehead atoms. The van der Waals surface area contributed by atoms with Gasteiger partial charge in [0.2, 0.25) is 0 Å². The van der Waals surface area contributed by atoms with Gasteiger partial charge in [0.15, 0.2) is 11.5 Å². The van der Waals surface area contributed by atoms with Gasteiger partial charge in [-0.25, -0.2) is 9.97 Å². The number of benzene rings is 2. The Morgan fingerprint density at radius 2 is 1.73 bits per heavy atom. The summed E-state index contributed by atoms with van der Waals surface area (Å²) in [6.07, 6.45) is -2.99. The molecule has 1 N–H and O–H groups in total. The summed E-state index contributed by atoms with van der Waals surface area (Å²) in [5.74, 6) is 1.06. The molecule has 0 saturated carbocycles. The summed E-state index contributed by atoms with van der Waals surface area (Å²) >= 11 is 0. The van der Waals surface area contributed by atoms with Gasteiger partial charge in [-0.2, -0.15) is 13.2 Å². The maximum atomic E-state index is 12.8. The lowest BCUT2D eigenvalue weighted by Crippen LogP contribution is -2.07. The van der Waals surface area contributed by atoms with Gasteiger partial charge in [0.1, 0.15) is 6.33 Å². The van der Waals surface area contributed by atoms with Gasteiger partial charge in [-0.1, -0.05) is 6.07 Å². The van der Waals surface area contributed by atoms with E-state index in [2.05, 4.69) is 15.3 Å². The van der Waals surface area contributed by atoms with Crippen LogP contribution in [0.15, 0.2) is 42.7 Å². The topological polar surface area (TPSA) is 56.3 Å². The molecule has 0 spiro atoms. The van der Waals surface area contributed by atoms with Gasteiger partial charge in [-0.15, -0.1) is 0 Å². The zero-order valence-corrected chi connectivity index (χ0v) is 14.1. The molecule has 8 heteroatoms. The Morgan fingerprint density at radius 1 is 1.00 bits per heavy atom. The quantitative estimate of drug-likeness (QED) is 0.733. The molecule has 2 aromatic carbocycles. The molecule has 0 unspecified atom stereocenters. The average Bonchev–Trinajstić information content (AvgIpc) is 2.64. The van der Waals surface area contributed by atoms with Gasteiger partial charge >= 0.3 is 6.18 Å². The second-order valence-electron chi connectivity index (χ2n) is 5.48. The smallest absolute Gasteiger partial charge is 0.416 e. The van der Waals surface area contributed by atoms with Gasteiger partial charge < -0.3 is 14.8 Å². The van der Waals surface area contributed by atoms with Crippen LogP contribution < -0.4 is 14.8 Å². The van der Waals surface area contributed by atoms with Crippen LogP contribution in [0, 0.1) is 0 Å². The summed E-state index contributed by atoms with van der Waals surface area (Å²) in [7, 11) is 3.05. The third kappa shape index (κ3) is 3.63. The van der Waals surface area contributed by atoms with Crippen LogP contribution in [-0.2, 0) is 12.7 Å². The number of ether oxygens (including phenoxy) is 2. The molecule has 0 radical (unpaired) electrons. The van der Waals surface area contributed by atoms with Crippen molar-refractivity contribution >= 4 is 16.6 Å². The lowest BCUT2D eigenvalue weighted by molar-refractivity contribution is -0.137. The number of rotatable bonds is 5. The van der Waals surface area contributed by atoms with Crippen molar-refractivity contribution in [1.29, 1.82) is 0 Å². The zero-order chi connectivity index (χ0) is 18.7. The Bertz CT molecular complexity index is 929. The Kier molecular flexibility index (Phi) is 4.83. The lowest BCUT2D eigenvalue weighted by Gasteiger charge is -2.13. The highest BCUT2D eigenvalue weighted by atomic mass is 19.4. The number of anilines is 1. The van der Waals surface area contributed by atoms with Crippen LogP contribution in [0.5, 0.6) is 11.5 Å². The largest absolute Gasteiger partial charge is 0.493 e. The Hall–Kier alpha value is -3.03. The highest BCUT2D eigenvalue weighted by Crippen LogP contribution is 2.33. The van der Waals surface area contributed by atoms with Crippen LogP contribution in [-0.4, -0.2) is 24.2 Å².